The summed E-state index contributed by atoms with van der Waals surface area (Å²) in [6.45, 7) is 7.41. The Hall–Kier alpha value is -0.120. The number of hydrogen-bond acceptors (Lipinski definition) is 3. The molecule has 0 amide bonds. The molecule has 0 bridgehead atoms. The van der Waals surface area contributed by atoms with Gasteiger partial charge in [-0.3, -0.25) is 4.90 Å². The van der Waals surface area contributed by atoms with Crippen LogP contribution >= 0.6 is 0 Å². The highest BCUT2D eigenvalue weighted by Gasteiger charge is 2.14. The summed E-state index contributed by atoms with van der Waals surface area (Å²) in [4.78, 5) is 5.03. The Balaban J connectivity index is 1.55. The summed E-state index contributed by atoms with van der Waals surface area (Å²) in [6.07, 6.45) is 8.59. The van der Waals surface area contributed by atoms with Crippen molar-refractivity contribution in [1.29, 1.82) is 0 Å². The Morgan fingerprint density at radius 1 is 0.941 bits per heavy atom. The van der Waals surface area contributed by atoms with E-state index in [1.807, 2.05) is 0 Å². The number of likely N-dealkylation sites (N-methyl/N-ethyl adjacent to an activating group) is 1. The van der Waals surface area contributed by atoms with Gasteiger partial charge >= 0.3 is 0 Å². The van der Waals surface area contributed by atoms with Crippen molar-refractivity contribution in [2.75, 3.05) is 46.3 Å². The van der Waals surface area contributed by atoms with Gasteiger partial charge in [0.05, 0.1) is 0 Å². The van der Waals surface area contributed by atoms with Crippen LogP contribution in [0.5, 0.6) is 0 Å². The van der Waals surface area contributed by atoms with Crippen LogP contribution in [0.15, 0.2) is 0 Å². The topological polar surface area (TPSA) is 18.5 Å². The van der Waals surface area contributed by atoms with Gasteiger partial charge in [-0.15, -0.1) is 0 Å². The summed E-state index contributed by atoms with van der Waals surface area (Å²) < 4.78 is 0. The summed E-state index contributed by atoms with van der Waals surface area (Å²) in [5.74, 6) is 0. The van der Waals surface area contributed by atoms with E-state index in [0.29, 0.717) is 0 Å². The second-order valence-corrected chi connectivity index (χ2v) is 5.79. The Morgan fingerprint density at radius 2 is 1.59 bits per heavy atom. The van der Waals surface area contributed by atoms with Gasteiger partial charge in [0.25, 0.3) is 0 Å². The molecule has 2 aliphatic rings. The van der Waals surface area contributed by atoms with Gasteiger partial charge in [0.15, 0.2) is 0 Å². The predicted molar refractivity (Wildman–Crippen MR) is 73.4 cm³/mol. The first-order valence-electron chi connectivity index (χ1n) is 7.49. The molecule has 1 N–H and O–H groups in total. The third-order valence-electron chi connectivity index (χ3n) is 4.31. The first-order valence-corrected chi connectivity index (χ1v) is 7.49. The first kappa shape index (κ1) is 13.3. The van der Waals surface area contributed by atoms with E-state index in [0.717, 1.165) is 6.04 Å². The highest BCUT2D eigenvalue weighted by atomic mass is 15.2. The Kier molecular flexibility index (Phi) is 5.75. The van der Waals surface area contributed by atoms with E-state index in [-0.39, 0.29) is 0 Å². The number of rotatable bonds is 4. The van der Waals surface area contributed by atoms with Crippen LogP contribution in [0.25, 0.3) is 0 Å². The largest absolute Gasteiger partial charge is 0.313 e. The number of piperazine rings is 1. The van der Waals surface area contributed by atoms with Gasteiger partial charge in [-0.1, -0.05) is 25.7 Å². The maximum absolute atomic E-state index is 3.76. The van der Waals surface area contributed by atoms with E-state index < -0.39 is 0 Å². The zero-order valence-electron chi connectivity index (χ0n) is 11.5. The molecule has 1 aliphatic carbocycles. The van der Waals surface area contributed by atoms with Crippen molar-refractivity contribution >= 4 is 0 Å². The third-order valence-corrected chi connectivity index (χ3v) is 4.31. The molecule has 1 aliphatic heterocycles. The average molecular weight is 239 g/mol. The maximum atomic E-state index is 3.76. The quantitative estimate of drug-likeness (QED) is 0.751. The molecule has 0 unspecified atom stereocenters. The third kappa shape index (κ3) is 4.94. The molecule has 0 radical (unpaired) electrons. The highest BCUT2D eigenvalue weighted by Crippen LogP contribution is 2.16. The lowest BCUT2D eigenvalue weighted by Crippen LogP contribution is -2.47. The van der Waals surface area contributed by atoms with Gasteiger partial charge in [-0.2, -0.15) is 0 Å². The van der Waals surface area contributed by atoms with Gasteiger partial charge in [-0.05, 0) is 19.9 Å². The standard InChI is InChI=1S/C14H29N3/c1-16-10-12-17(13-11-16)9-8-15-14-6-4-2-3-5-7-14/h14-15H,2-13H2,1H3. The molecule has 0 spiro atoms. The monoisotopic (exact) mass is 239 g/mol. The molecule has 2 rings (SSSR count). The van der Waals surface area contributed by atoms with E-state index in [1.54, 1.807) is 0 Å². The minimum atomic E-state index is 0.810. The lowest BCUT2D eigenvalue weighted by Gasteiger charge is -2.32. The molecule has 2 fully saturated rings. The van der Waals surface area contributed by atoms with Crippen LogP contribution in [0.3, 0.4) is 0 Å². The van der Waals surface area contributed by atoms with E-state index in [9.17, 15) is 0 Å². The van der Waals surface area contributed by atoms with E-state index in [4.69, 9.17) is 0 Å². The number of nitrogens with zero attached hydrogens (tertiary/aromatic N) is 2. The molecule has 0 atom stereocenters. The van der Waals surface area contributed by atoms with Gasteiger partial charge in [-0.25, -0.2) is 0 Å². The smallest absolute Gasteiger partial charge is 0.0110 e. The first-order chi connectivity index (χ1) is 8.34. The Bertz CT molecular complexity index is 192. The average Bonchev–Trinajstić information content (AvgIpc) is 2.60. The van der Waals surface area contributed by atoms with Gasteiger partial charge in [0.1, 0.15) is 0 Å². The summed E-state index contributed by atoms with van der Waals surface area (Å²) in [6, 6.07) is 0.810. The molecule has 1 saturated carbocycles. The van der Waals surface area contributed by atoms with Crippen LogP contribution in [0, 0.1) is 0 Å². The van der Waals surface area contributed by atoms with Crippen LogP contribution in [0.1, 0.15) is 38.5 Å². The summed E-state index contributed by atoms with van der Waals surface area (Å²) in [5, 5.41) is 3.76. The molecule has 0 aromatic carbocycles. The molecule has 3 nitrogen and oxygen atoms in total. The van der Waals surface area contributed by atoms with E-state index in [1.165, 1.54) is 77.8 Å². The molecule has 100 valence electrons. The van der Waals surface area contributed by atoms with Crippen molar-refractivity contribution in [3.63, 3.8) is 0 Å². The summed E-state index contributed by atoms with van der Waals surface area (Å²) >= 11 is 0. The van der Waals surface area contributed by atoms with Crippen molar-refractivity contribution in [3.8, 4) is 0 Å². The molecule has 1 heterocycles. The fourth-order valence-electron chi connectivity index (χ4n) is 2.98. The van der Waals surface area contributed by atoms with E-state index >= 15 is 0 Å². The lowest BCUT2D eigenvalue weighted by atomic mass is 10.1. The minimum absolute atomic E-state index is 0.810. The Morgan fingerprint density at radius 3 is 2.24 bits per heavy atom. The molecule has 3 heteroatoms. The number of nitrogens with one attached hydrogen (secondary N) is 1. The van der Waals surface area contributed by atoms with Gasteiger partial charge in [0.2, 0.25) is 0 Å². The normalized spacial score (nSPS) is 25.9. The molecule has 1 saturated heterocycles. The molecule has 0 aromatic rings. The van der Waals surface area contributed by atoms with Crippen LogP contribution < -0.4 is 5.32 Å². The predicted octanol–water partition coefficient (Wildman–Crippen LogP) is 1.55. The van der Waals surface area contributed by atoms with Crippen LogP contribution in [-0.4, -0.2) is 62.2 Å². The Labute approximate surface area is 107 Å². The lowest BCUT2D eigenvalue weighted by molar-refractivity contribution is 0.153. The highest BCUT2D eigenvalue weighted by molar-refractivity contribution is 4.73. The van der Waals surface area contributed by atoms with Crippen molar-refractivity contribution in [3.05, 3.63) is 0 Å². The van der Waals surface area contributed by atoms with E-state index in [2.05, 4.69) is 22.2 Å². The van der Waals surface area contributed by atoms with Crippen LogP contribution in [0.2, 0.25) is 0 Å². The molecule has 17 heavy (non-hydrogen) atoms. The van der Waals surface area contributed by atoms with Crippen LogP contribution in [-0.2, 0) is 0 Å². The van der Waals surface area contributed by atoms with Crippen molar-refractivity contribution in [2.45, 2.75) is 44.6 Å². The van der Waals surface area contributed by atoms with Crippen molar-refractivity contribution in [2.24, 2.45) is 0 Å². The maximum Gasteiger partial charge on any atom is 0.0110 e. The summed E-state index contributed by atoms with van der Waals surface area (Å²) in [5.41, 5.74) is 0. The fourth-order valence-corrected chi connectivity index (χ4v) is 2.98. The van der Waals surface area contributed by atoms with Crippen molar-refractivity contribution in [1.82, 2.24) is 15.1 Å². The summed E-state index contributed by atoms with van der Waals surface area (Å²) in [7, 11) is 2.22. The second-order valence-electron chi connectivity index (χ2n) is 5.79. The van der Waals surface area contributed by atoms with Gasteiger partial charge < -0.3 is 10.2 Å². The SMILES string of the molecule is CN1CCN(CCNC2CCCCCC2)CC1. The number of hydrogen-bond donors (Lipinski definition) is 1. The molecular weight excluding hydrogens is 210 g/mol. The molecular formula is C14H29N3. The molecule has 0 aromatic heterocycles. The van der Waals surface area contributed by atoms with Crippen molar-refractivity contribution < 1.29 is 0 Å². The zero-order chi connectivity index (χ0) is 11.9. The second kappa shape index (κ2) is 7.34. The minimum Gasteiger partial charge on any atom is -0.313 e. The van der Waals surface area contributed by atoms with Crippen LogP contribution in [0.4, 0.5) is 0 Å². The zero-order valence-corrected chi connectivity index (χ0v) is 11.5. The fraction of sp³-hybridized carbons (Fsp3) is 1.00. The van der Waals surface area contributed by atoms with Gasteiger partial charge in [0, 0.05) is 45.3 Å².